The Morgan fingerprint density at radius 2 is 1.76 bits per heavy atom. The molecule has 3 saturated heterocycles. The second-order valence-electron chi connectivity index (χ2n) is 12.3. The number of aliphatic hydroxyl groups is 5. The van der Waals surface area contributed by atoms with Crippen LogP contribution in [0.15, 0.2) is 0 Å². The highest BCUT2D eigenvalue weighted by molar-refractivity contribution is 5.89. The van der Waals surface area contributed by atoms with Crippen molar-refractivity contribution < 1.29 is 44.5 Å². The first-order valence-corrected chi connectivity index (χ1v) is 14.6. The summed E-state index contributed by atoms with van der Waals surface area (Å²) >= 11 is 0. The summed E-state index contributed by atoms with van der Waals surface area (Å²) in [5.41, 5.74) is 22.6. The summed E-state index contributed by atoms with van der Waals surface area (Å²) < 4.78 is 18.2. The van der Waals surface area contributed by atoms with Crippen molar-refractivity contribution in [1.82, 2.24) is 16.0 Å². The van der Waals surface area contributed by atoms with Gasteiger partial charge in [-0.05, 0) is 19.3 Å². The van der Waals surface area contributed by atoms with Gasteiger partial charge >= 0.3 is 0 Å². The van der Waals surface area contributed by atoms with Crippen LogP contribution in [-0.4, -0.2) is 149 Å². The number of carbonyl (C=O) groups is 1. The van der Waals surface area contributed by atoms with Gasteiger partial charge in [0.2, 0.25) is 0 Å². The number of nitrogens with two attached hydrogens (primary N) is 4. The van der Waals surface area contributed by atoms with Crippen molar-refractivity contribution in [1.29, 1.82) is 0 Å². The number of aliphatic hydroxyl groups excluding tert-OH is 4. The molecule has 16 nitrogen and oxygen atoms in total. The summed E-state index contributed by atoms with van der Waals surface area (Å²) in [5, 5.41) is 62.7. The van der Waals surface area contributed by atoms with Crippen LogP contribution in [0, 0.1) is 5.92 Å². The van der Waals surface area contributed by atoms with Crippen LogP contribution in [0.4, 0.5) is 0 Å². The highest BCUT2D eigenvalue weighted by Gasteiger charge is 2.59. The van der Waals surface area contributed by atoms with Crippen molar-refractivity contribution in [2.24, 2.45) is 28.9 Å². The molecule has 5 rings (SSSR count). The quantitative estimate of drug-likeness (QED) is 0.119. The average molecular weight is 590 g/mol. The average Bonchev–Trinajstić information content (AvgIpc) is 3.55. The molecule has 0 aromatic carbocycles. The molecule has 0 spiro atoms. The van der Waals surface area contributed by atoms with E-state index in [4.69, 9.17) is 37.1 Å². The molecule has 0 aromatic heterocycles. The Balaban J connectivity index is 1.40. The van der Waals surface area contributed by atoms with Gasteiger partial charge in [0.15, 0.2) is 11.9 Å². The van der Waals surface area contributed by atoms with Crippen LogP contribution >= 0.6 is 0 Å². The van der Waals surface area contributed by atoms with Crippen molar-refractivity contribution in [3.8, 4) is 0 Å². The van der Waals surface area contributed by atoms with E-state index in [0.717, 1.165) is 25.9 Å². The van der Waals surface area contributed by atoms with E-state index in [9.17, 15) is 30.3 Å². The van der Waals surface area contributed by atoms with Gasteiger partial charge in [-0.15, -0.1) is 0 Å². The summed E-state index contributed by atoms with van der Waals surface area (Å²) in [5.74, 6) is -1.39. The molecule has 2 saturated carbocycles. The van der Waals surface area contributed by atoms with Crippen LogP contribution < -0.4 is 38.9 Å². The molecular weight excluding hydrogens is 542 g/mol. The standard InChI is InChI=1S/C25H47N7O9/c26-5-10-1-2-12(31-9-6-30-7-9)21(39-10)16-11(27)3-13(32-24(37)25(38)4-15(25)28)22(19(16)35)41-23-20(36)17(29)18(34)14(8-33)40-23/h9-23,30-31,33-36,38H,1-8,26-29H2,(H,32,37)/t10-,11-,12+,13+,14+,15?,16?,17-,18+,19-,20+,21-,22-,23+,25?/m0/s1. The normalized spacial score (nSPS) is 50.7. The number of hydrogen-bond acceptors (Lipinski definition) is 15. The summed E-state index contributed by atoms with van der Waals surface area (Å²) in [4.78, 5) is 13.0. The largest absolute Gasteiger partial charge is 0.394 e. The highest BCUT2D eigenvalue weighted by Crippen LogP contribution is 2.39. The molecule has 5 fully saturated rings. The van der Waals surface area contributed by atoms with Crippen molar-refractivity contribution in [2.45, 2.75) is 117 Å². The maximum absolute atomic E-state index is 13.0. The summed E-state index contributed by atoms with van der Waals surface area (Å²) in [6, 6.07) is -3.39. The maximum Gasteiger partial charge on any atom is 0.253 e. The fourth-order valence-electron chi connectivity index (χ4n) is 6.60. The number of ether oxygens (including phenoxy) is 3. The minimum atomic E-state index is -1.74. The Labute approximate surface area is 238 Å². The van der Waals surface area contributed by atoms with E-state index < -0.39 is 91.1 Å². The van der Waals surface area contributed by atoms with Crippen LogP contribution in [0.2, 0.25) is 0 Å². The number of hydrogen-bond donors (Lipinski definition) is 12. The van der Waals surface area contributed by atoms with Gasteiger partial charge < -0.3 is 78.6 Å². The molecule has 0 radical (unpaired) electrons. The molecule has 0 bridgehead atoms. The molecule has 3 heterocycles. The van der Waals surface area contributed by atoms with Gasteiger partial charge in [0, 0.05) is 56.1 Å². The molecule has 3 aliphatic heterocycles. The zero-order valence-corrected chi connectivity index (χ0v) is 23.0. The third-order valence-corrected chi connectivity index (χ3v) is 9.49. The first-order valence-electron chi connectivity index (χ1n) is 14.6. The van der Waals surface area contributed by atoms with Crippen molar-refractivity contribution in [3.63, 3.8) is 0 Å². The van der Waals surface area contributed by atoms with Gasteiger partial charge in [0.25, 0.3) is 5.91 Å². The SMILES string of the molecule is NC[C@@H]1CC[C@@H](NC2CNC2)[C@@H](C2[C@@H](N)C[C@@H](NC(=O)C3(O)CC3N)[C@H](O[C@H]3O[C@H](CO)[C@@H](O)[C@H](N)[C@H]3O)[C@H]2O)O1. The van der Waals surface area contributed by atoms with Crippen molar-refractivity contribution >= 4 is 5.91 Å². The number of carbonyl (C=O) groups excluding carboxylic acids is 1. The first-order chi connectivity index (χ1) is 19.5. The number of amides is 1. The van der Waals surface area contributed by atoms with E-state index in [-0.39, 0.29) is 31.0 Å². The lowest BCUT2D eigenvalue weighted by atomic mass is 9.72. The Morgan fingerprint density at radius 3 is 2.34 bits per heavy atom. The molecule has 3 unspecified atom stereocenters. The second-order valence-corrected chi connectivity index (χ2v) is 12.3. The van der Waals surface area contributed by atoms with Crippen molar-refractivity contribution in [2.75, 3.05) is 26.2 Å². The minimum Gasteiger partial charge on any atom is -0.394 e. The van der Waals surface area contributed by atoms with E-state index in [2.05, 4.69) is 16.0 Å². The predicted molar refractivity (Wildman–Crippen MR) is 143 cm³/mol. The molecule has 41 heavy (non-hydrogen) atoms. The van der Waals surface area contributed by atoms with Gasteiger partial charge in [0.05, 0.1) is 37.0 Å². The van der Waals surface area contributed by atoms with E-state index in [1.807, 2.05) is 0 Å². The lowest BCUT2D eigenvalue weighted by molar-refractivity contribution is -0.306. The smallest absolute Gasteiger partial charge is 0.253 e. The molecular formula is C25H47N7O9. The Morgan fingerprint density at radius 1 is 1.05 bits per heavy atom. The molecule has 1 amide bonds. The van der Waals surface area contributed by atoms with Crippen LogP contribution in [-0.2, 0) is 19.0 Å². The monoisotopic (exact) mass is 589 g/mol. The number of rotatable bonds is 9. The first kappa shape index (κ1) is 31.3. The highest BCUT2D eigenvalue weighted by atomic mass is 16.7. The van der Waals surface area contributed by atoms with Gasteiger partial charge in [0.1, 0.15) is 24.4 Å². The molecule has 5 aliphatic rings. The molecule has 16 heteroatoms. The summed E-state index contributed by atoms with van der Waals surface area (Å²) in [6.45, 7) is 1.33. The predicted octanol–water partition coefficient (Wildman–Crippen LogP) is -6.77. The Kier molecular flexibility index (Phi) is 9.55. The van der Waals surface area contributed by atoms with Gasteiger partial charge in [-0.25, -0.2) is 0 Å². The zero-order valence-electron chi connectivity index (χ0n) is 23.0. The van der Waals surface area contributed by atoms with Gasteiger partial charge in [-0.3, -0.25) is 4.79 Å². The third-order valence-electron chi connectivity index (χ3n) is 9.49. The van der Waals surface area contributed by atoms with Gasteiger partial charge in [-0.2, -0.15) is 0 Å². The third kappa shape index (κ3) is 6.14. The second kappa shape index (κ2) is 12.5. The lowest BCUT2D eigenvalue weighted by Gasteiger charge is -2.52. The van der Waals surface area contributed by atoms with E-state index in [1.54, 1.807) is 0 Å². The fraction of sp³-hybridized carbons (Fsp3) is 0.960. The zero-order chi connectivity index (χ0) is 29.6. The fourth-order valence-corrected chi connectivity index (χ4v) is 6.60. The Hall–Kier alpha value is -1.09. The van der Waals surface area contributed by atoms with Crippen molar-refractivity contribution in [3.05, 3.63) is 0 Å². The maximum atomic E-state index is 13.0. The summed E-state index contributed by atoms with van der Waals surface area (Å²) in [7, 11) is 0. The van der Waals surface area contributed by atoms with Crippen LogP contribution in [0.3, 0.4) is 0 Å². The van der Waals surface area contributed by atoms with Crippen LogP contribution in [0.1, 0.15) is 25.7 Å². The molecule has 236 valence electrons. The van der Waals surface area contributed by atoms with Gasteiger partial charge in [-0.1, -0.05) is 0 Å². The minimum absolute atomic E-state index is 0.0868. The van der Waals surface area contributed by atoms with Crippen LogP contribution in [0.5, 0.6) is 0 Å². The van der Waals surface area contributed by atoms with E-state index >= 15 is 0 Å². The molecule has 2 aliphatic carbocycles. The Bertz CT molecular complexity index is 919. The summed E-state index contributed by atoms with van der Waals surface area (Å²) in [6.07, 6.45) is -7.05. The molecule has 15 atom stereocenters. The van der Waals surface area contributed by atoms with E-state index in [0.29, 0.717) is 6.54 Å². The van der Waals surface area contributed by atoms with Crippen LogP contribution in [0.25, 0.3) is 0 Å². The lowest BCUT2D eigenvalue weighted by Crippen LogP contribution is -2.71. The van der Waals surface area contributed by atoms with E-state index in [1.165, 1.54) is 0 Å². The topological polar surface area (TPSA) is 286 Å². The molecule has 0 aromatic rings. The molecule has 16 N–H and O–H groups in total. The number of nitrogens with one attached hydrogen (secondary N) is 3.